The molecule has 1 aliphatic heterocycles. The molecule has 0 radical (unpaired) electrons. The Morgan fingerprint density at radius 1 is 1.50 bits per heavy atom. The third kappa shape index (κ3) is 2.10. The van der Waals surface area contributed by atoms with Crippen molar-refractivity contribution in [2.75, 3.05) is 19.7 Å². The first-order chi connectivity index (χ1) is 8.78. The van der Waals surface area contributed by atoms with Gasteiger partial charge in [0.1, 0.15) is 5.75 Å². The number of thiazole rings is 1. The summed E-state index contributed by atoms with van der Waals surface area (Å²) in [5, 5.41) is 4.58. The average molecular weight is 262 g/mol. The number of hydrogen-bond acceptors (Lipinski definition) is 4. The highest BCUT2D eigenvalue weighted by molar-refractivity contribution is 7.18. The Balaban J connectivity index is 1.89. The van der Waals surface area contributed by atoms with Crippen LogP contribution in [0.1, 0.15) is 24.8 Å². The van der Waals surface area contributed by atoms with E-state index in [-0.39, 0.29) is 0 Å². The SMILES string of the molecule is CCOc1ccc2nc(C(C)C3CNC3)sc2c1. The molecule has 1 fully saturated rings. The molecule has 0 amide bonds. The lowest BCUT2D eigenvalue weighted by Gasteiger charge is -2.31. The molecule has 1 aromatic heterocycles. The molecule has 3 nitrogen and oxygen atoms in total. The lowest BCUT2D eigenvalue weighted by molar-refractivity contribution is 0.303. The molecule has 0 spiro atoms. The van der Waals surface area contributed by atoms with Crippen molar-refractivity contribution in [3.63, 3.8) is 0 Å². The number of hydrogen-bond donors (Lipinski definition) is 1. The van der Waals surface area contributed by atoms with Crippen molar-refractivity contribution in [3.05, 3.63) is 23.2 Å². The summed E-state index contributed by atoms with van der Waals surface area (Å²) >= 11 is 1.80. The van der Waals surface area contributed by atoms with Crippen LogP contribution in [0, 0.1) is 5.92 Å². The Labute approximate surface area is 111 Å². The van der Waals surface area contributed by atoms with E-state index in [9.17, 15) is 0 Å². The normalized spacial score (nSPS) is 17.7. The molecule has 1 aromatic carbocycles. The number of nitrogens with zero attached hydrogens (tertiary/aromatic N) is 1. The molecule has 1 aliphatic rings. The lowest BCUT2D eigenvalue weighted by Crippen LogP contribution is -2.44. The molecule has 1 N–H and O–H groups in total. The van der Waals surface area contributed by atoms with Gasteiger partial charge < -0.3 is 10.1 Å². The predicted molar refractivity (Wildman–Crippen MR) is 75.6 cm³/mol. The highest BCUT2D eigenvalue weighted by Crippen LogP contribution is 2.34. The largest absolute Gasteiger partial charge is 0.494 e. The van der Waals surface area contributed by atoms with Crippen LogP contribution in [-0.2, 0) is 0 Å². The highest BCUT2D eigenvalue weighted by Gasteiger charge is 2.26. The topological polar surface area (TPSA) is 34.1 Å². The zero-order valence-electron chi connectivity index (χ0n) is 10.8. The molecule has 0 aliphatic carbocycles. The van der Waals surface area contributed by atoms with E-state index in [4.69, 9.17) is 9.72 Å². The standard InChI is InChI=1S/C14H18N2OS/c1-3-17-11-4-5-12-13(6-11)18-14(16-12)9(2)10-7-15-8-10/h4-6,9-10,15H,3,7-8H2,1-2H3. The van der Waals surface area contributed by atoms with Crippen LogP contribution in [0.2, 0.25) is 0 Å². The van der Waals surface area contributed by atoms with Gasteiger partial charge in [0.2, 0.25) is 0 Å². The molecule has 1 saturated heterocycles. The molecular formula is C14H18N2OS. The van der Waals surface area contributed by atoms with Gasteiger partial charge in [0.15, 0.2) is 0 Å². The maximum atomic E-state index is 5.53. The van der Waals surface area contributed by atoms with Gasteiger partial charge in [0.25, 0.3) is 0 Å². The first-order valence-electron chi connectivity index (χ1n) is 6.52. The van der Waals surface area contributed by atoms with Gasteiger partial charge in [-0.05, 0) is 44.1 Å². The van der Waals surface area contributed by atoms with Crippen LogP contribution in [0.3, 0.4) is 0 Å². The molecule has 18 heavy (non-hydrogen) atoms. The van der Waals surface area contributed by atoms with Crippen molar-refractivity contribution in [1.29, 1.82) is 0 Å². The molecule has 3 rings (SSSR count). The van der Waals surface area contributed by atoms with Crippen LogP contribution in [-0.4, -0.2) is 24.7 Å². The second-order valence-electron chi connectivity index (χ2n) is 4.82. The van der Waals surface area contributed by atoms with E-state index in [1.54, 1.807) is 11.3 Å². The molecule has 0 bridgehead atoms. The second kappa shape index (κ2) is 4.86. The second-order valence-corrected chi connectivity index (χ2v) is 5.88. The zero-order valence-corrected chi connectivity index (χ0v) is 11.6. The van der Waals surface area contributed by atoms with Gasteiger partial charge in [-0.15, -0.1) is 11.3 Å². The third-order valence-corrected chi connectivity index (χ3v) is 4.82. The fourth-order valence-electron chi connectivity index (χ4n) is 2.24. The van der Waals surface area contributed by atoms with E-state index in [0.717, 1.165) is 30.3 Å². The van der Waals surface area contributed by atoms with E-state index in [2.05, 4.69) is 24.4 Å². The first kappa shape index (κ1) is 11.9. The highest BCUT2D eigenvalue weighted by atomic mass is 32.1. The first-order valence-corrected chi connectivity index (χ1v) is 7.33. The molecule has 2 heterocycles. The van der Waals surface area contributed by atoms with Gasteiger partial charge >= 0.3 is 0 Å². The van der Waals surface area contributed by atoms with Gasteiger partial charge in [-0.1, -0.05) is 6.92 Å². The smallest absolute Gasteiger partial charge is 0.120 e. The van der Waals surface area contributed by atoms with Crippen molar-refractivity contribution in [2.45, 2.75) is 19.8 Å². The third-order valence-electron chi connectivity index (χ3n) is 3.60. The Morgan fingerprint density at radius 3 is 3.00 bits per heavy atom. The van der Waals surface area contributed by atoms with Crippen molar-refractivity contribution >= 4 is 21.6 Å². The van der Waals surface area contributed by atoms with Crippen molar-refractivity contribution in [1.82, 2.24) is 10.3 Å². The maximum absolute atomic E-state index is 5.53. The summed E-state index contributed by atoms with van der Waals surface area (Å²) in [4.78, 5) is 4.75. The summed E-state index contributed by atoms with van der Waals surface area (Å²) in [5.74, 6) is 2.24. The quantitative estimate of drug-likeness (QED) is 0.919. The Morgan fingerprint density at radius 2 is 2.33 bits per heavy atom. The van der Waals surface area contributed by atoms with Crippen LogP contribution in [0.5, 0.6) is 5.75 Å². The minimum atomic E-state index is 0.555. The summed E-state index contributed by atoms with van der Waals surface area (Å²) in [7, 11) is 0. The van der Waals surface area contributed by atoms with Gasteiger partial charge in [0.05, 0.1) is 21.8 Å². The minimum absolute atomic E-state index is 0.555. The Hall–Kier alpha value is -1.13. The van der Waals surface area contributed by atoms with Crippen LogP contribution in [0.15, 0.2) is 18.2 Å². The lowest BCUT2D eigenvalue weighted by atomic mass is 9.89. The average Bonchev–Trinajstić information content (AvgIpc) is 2.70. The monoisotopic (exact) mass is 262 g/mol. The fourth-order valence-corrected chi connectivity index (χ4v) is 3.38. The molecule has 0 saturated carbocycles. The number of benzene rings is 1. The van der Waals surface area contributed by atoms with E-state index in [1.165, 1.54) is 9.71 Å². The molecule has 1 atom stereocenters. The van der Waals surface area contributed by atoms with Gasteiger partial charge in [-0.2, -0.15) is 0 Å². The summed E-state index contributed by atoms with van der Waals surface area (Å²) in [6, 6.07) is 6.17. The Kier molecular flexibility index (Phi) is 3.22. The number of ether oxygens (including phenoxy) is 1. The van der Waals surface area contributed by atoms with E-state index in [0.29, 0.717) is 12.5 Å². The van der Waals surface area contributed by atoms with Crippen LogP contribution in [0.4, 0.5) is 0 Å². The number of rotatable bonds is 4. The van der Waals surface area contributed by atoms with Crippen molar-refractivity contribution in [3.8, 4) is 5.75 Å². The van der Waals surface area contributed by atoms with Crippen LogP contribution < -0.4 is 10.1 Å². The van der Waals surface area contributed by atoms with Crippen LogP contribution >= 0.6 is 11.3 Å². The molecule has 4 heteroatoms. The number of aromatic nitrogens is 1. The predicted octanol–water partition coefficient (Wildman–Crippen LogP) is 3.02. The summed E-state index contributed by atoms with van der Waals surface area (Å²) in [6.45, 7) is 7.25. The van der Waals surface area contributed by atoms with E-state index < -0.39 is 0 Å². The van der Waals surface area contributed by atoms with Crippen molar-refractivity contribution < 1.29 is 4.74 Å². The summed E-state index contributed by atoms with van der Waals surface area (Å²) in [5.41, 5.74) is 1.09. The van der Waals surface area contributed by atoms with E-state index >= 15 is 0 Å². The van der Waals surface area contributed by atoms with Crippen molar-refractivity contribution in [2.24, 2.45) is 5.92 Å². The fraction of sp³-hybridized carbons (Fsp3) is 0.500. The maximum Gasteiger partial charge on any atom is 0.120 e. The van der Waals surface area contributed by atoms with Gasteiger partial charge in [-0.3, -0.25) is 0 Å². The molecule has 2 aromatic rings. The van der Waals surface area contributed by atoms with Gasteiger partial charge in [0, 0.05) is 5.92 Å². The Bertz CT molecular complexity index is 548. The number of fused-ring (bicyclic) bond motifs is 1. The molecule has 96 valence electrons. The summed E-state index contributed by atoms with van der Waals surface area (Å²) in [6.07, 6.45) is 0. The minimum Gasteiger partial charge on any atom is -0.494 e. The zero-order chi connectivity index (χ0) is 12.5. The van der Waals surface area contributed by atoms with E-state index in [1.807, 2.05) is 13.0 Å². The molecule has 1 unspecified atom stereocenters. The molecular weight excluding hydrogens is 244 g/mol. The summed E-state index contributed by atoms with van der Waals surface area (Å²) < 4.78 is 6.76. The van der Waals surface area contributed by atoms with Crippen LogP contribution in [0.25, 0.3) is 10.2 Å². The number of nitrogens with one attached hydrogen (secondary N) is 1. The van der Waals surface area contributed by atoms with Gasteiger partial charge in [-0.25, -0.2) is 4.98 Å².